The molecule has 0 aromatic carbocycles. The highest BCUT2D eigenvalue weighted by molar-refractivity contribution is 6.01. The largest absolute Gasteiger partial charge is 0.351 e. The minimum Gasteiger partial charge on any atom is -0.351 e. The zero-order valence-electron chi connectivity index (χ0n) is 11.4. The van der Waals surface area contributed by atoms with Crippen molar-refractivity contribution < 1.29 is 9.32 Å². The van der Waals surface area contributed by atoms with Crippen LogP contribution in [0, 0.1) is 13.8 Å². The van der Waals surface area contributed by atoms with Gasteiger partial charge < -0.3 is 9.84 Å². The monoisotopic (exact) mass is 284 g/mol. The highest BCUT2D eigenvalue weighted by atomic mass is 16.5. The van der Waals surface area contributed by atoms with E-state index in [0.29, 0.717) is 11.6 Å². The van der Waals surface area contributed by atoms with Gasteiger partial charge in [-0.3, -0.25) is 4.79 Å². The van der Waals surface area contributed by atoms with E-state index in [1.807, 2.05) is 19.9 Å². The van der Waals surface area contributed by atoms with Crippen LogP contribution in [0.1, 0.15) is 21.9 Å². The Kier molecular flexibility index (Phi) is 3.19. The van der Waals surface area contributed by atoms with E-state index in [1.54, 1.807) is 10.7 Å². The van der Waals surface area contributed by atoms with Gasteiger partial charge in [0.15, 0.2) is 5.82 Å². The third-order valence-corrected chi connectivity index (χ3v) is 2.78. The fraction of sp³-hybridized carbons (Fsp3) is 0.154. The van der Waals surface area contributed by atoms with E-state index in [-0.39, 0.29) is 5.76 Å². The van der Waals surface area contributed by atoms with Crippen LogP contribution < -0.4 is 5.32 Å². The van der Waals surface area contributed by atoms with Crippen molar-refractivity contribution in [2.75, 3.05) is 5.32 Å². The molecule has 0 aliphatic heterocycles. The van der Waals surface area contributed by atoms with Gasteiger partial charge in [0.25, 0.3) is 5.91 Å². The third kappa shape index (κ3) is 2.64. The third-order valence-electron chi connectivity index (χ3n) is 2.78. The number of nitrogens with zero attached hydrogens (tertiary/aromatic N) is 5. The SMILES string of the molecule is Cc1cc(C)n(-c2cc(NC(=O)c3ccno3)ncn2)n1. The van der Waals surface area contributed by atoms with Crippen LogP contribution in [-0.4, -0.2) is 30.8 Å². The smallest absolute Gasteiger partial charge is 0.295 e. The molecule has 0 unspecified atom stereocenters. The number of amides is 1. The molecule has 0 aliphatic carbocycles. The number of carbonyl (C=O) groups excluding carboxylic acids is 1. The van der Waals surface area contributed by atoms with Crippen molar-refractivity contribution in [1.82, 2.24) is 24.9 Å². The predicted molar refractivity (Wildman–Crippen MR) is 73.1 cm³/mol. The number of aryl methyl sites for hydroxylation is 2. The molecule has 0 spiro atoms. The van der Waals surface area contributed by atoms with Crippen molar-refractivity contribution in [3.63, 3.8) is 0 Å². The molecule has 3 heterocycles. The number of aromatic nitrogens is 5. The van der Waals surface area contributed by atoms with E-state index >= 15 is 0 Å². The molecular formula is C13H12N6O2. The average Bonchev–Trinajstić information content (AvgIpc) is 3.08. The van der Waals surface area contributed by atoms with Crippen molar-refractivity contribution in [1.29, 1.82) is 0 Å². The van der Waals surface area contributed by atoms with E-state index in [2.05, 4.69) is 25.5 Å². The van der Waals surface area contributed by atoms with E-state index in [4.69, 9.17) is 4.52 Å². The van der Waals surface area contributed by atoms with Crippen LogP contribution in [0.15, 0.2) is 35.2 Å². The number of hydrogen-bond acceptors (Lipinski definition) is 6. The second-order valence-corrected chi connectivity index (χ2v) is 4.43. The molecule has 0 aliphatic rings. The van der Waals surface area contributed by atoms with Gasteiger partial charge in [-0.25, -0.2) is 14.6 Å². The number of carbonyl (C=O) groups is 1. The number of rotatable bonds is 3. The van der Waals surface area contributed by atoms with E-state index in [0.717, 1.165) is 11.4 Å². The van der Waals surface area contributed by atoms with Crippen molar-refractivity contribution in [2.45, 2.75) is 13.8 Å². The lowest BCUT2D eigenvalue weighted by molar-refractivity contribution is 0.0987. The van der Waals surface area contributed by atoms with Crippen molar-refractivity contribution in [3.8, 4) is 5.82 Å². The zero-order valence-corrected chi connectivity index (χ0v) is 11.4. The maximum absolute atomic E-state index is 11.9. The van der Waals surface area contributed by atoms with Crippen molar-refractivity contribution in [2.24, 2.45) is 0 Å². The standard InChI is InChI=1S/C13H12N6O2/c1-8-5-9(2)19(18-8)12-6-11(14-7-15-12)17-13(20)10-3-4-16-21-10/h3-7H,1-2H3,(H,14,15,17,20). The highest BCUT2D eigenvalue weighted by Gasteiger charge is 2.12. The number of anilines is 1. The Labute approximate surface area is 119 Å². The summed E-state index contributed by atoms with van der Waals surface area (Å²) in [6.07, 6.45) is 2.76. The topological polar surface area (TPSA) is 98.7 Å². The molecule has 8 nitrogen and oxygen atoms in total. The molecule has 0 atom stereocenters. The van der Waals surface area contributed by atoms with Gasteiger partial charge in [-0.15, -0.1) is 0 Å². The molecule has 3 aromatic heterocycles. The van der Waals surface area contributed by atoms with Crippen molar-refractivity contribution in [3.05, 3.63) is 47.9 Å². The lowest BCUT2D eigenvalue weighted by Crippen LogP contribution is -2.13. The highest BCUT2D eigenvalue weighted by Crippen LogP contribution is 2.13. The fourth-order valence-corrected chi connectivity index (χ4v) is 1.90. The molecule has 0 fully saturated rings. The molecule has 0 bridgehead atoms. The Balaban J connectivity index is 1.87. The molecule has 3 rings (SSSR count). The lowest BCUT2D eigenvalue weighted by atomic mass is 10.4. The summed E-state index contributed by atoms with van der Waals surface area (Å²) in [5.41, 5.74) is 1.83. The summed E-state index contributed by atoms with van der Waals surface area (Å²) in [5, 5.41) is 10.4. The first-order valence-electron chi connectivity index (χ1n) is 6.21. The first-order valence-corrected chi connectivity index (χ1v) is 6.21. The first kappa shape index (κ1) is 13.0. The normalized spacial score (nSPS) is 10.6. The van der Waals surface area contributed by atoms with Crippen LogP contribution in [-0.2, 0) is 0 Å². The zero-order chi connectivity index (χ0) is 14.8. The molecule has 0 saturated carbocycles. The summed E-state index contributed by atoms with van der Waals surface area (Å²) in [6, 6.07) is 5.04. The molecule has 1 amide bonds. The molecule has 0 saturated heterocycles. The van der Waals surface area contributed by atoms with Crippen LogP contribution in [0.25, 0.3) is 5.82 Å². The Morgan fingerprint density at radius 1 is 1.29 bits per heavy atom. The average molecular weight is 284 g/mol. The fourth-order valence-electron chi connectivity index (χ4n) is 1.90. The van der Waals surface area contributed by atoms with Gasteiger partial charge in [-0.1, -0.05) is 5.16 Å². The summed E-state index contributed by atoms with van der Waals surface area (Å²) >= 11 is 0. The van der Waals surface area contributed by atoms with Gasteiger partial charge in [0.2, 0.25) is 5.76 Å². The van der Waals surface area contributed by atoms with Crippen LogP contribution in [0.3, 0.4) is 0 Å². The molecule has 106 valence electrons. The summed E-state index contributed by atoms with van der Waals surface area (Å²) in [5.74, 6) is 0.615. The minimum absolute atomic E-state index is 0.112. The second kappa shape index (κ2) is 5.16. The van der Waals surface area contributed by atoms with E-state index in [1.165, 1.54) is 18.6 Å². The predicted octanol–water partition coefficient (Wildman–Crippen LogP) is 1.52. The van der Waals surface area contributed by atoms with Gasteiger partial charge in [-0.2, -0.15) is 5.10 Å². The Hall–Kier alpha value is -3.03. The maximum Gasteiger partial charge on any atom is 0.295 e. The van der Waals surface area contributed by atoms with Gasteiger partial charge in [0.1, 0.15) is 12.1 Å². The summed E-state index contributed by atoms with van der Waals surface area (Å²) in [6.45, 7) is 3.83. The summed E-state index contributed by atoms with van der Waals surface area (Å²) in [4.78, 5) is 20.0. The molecule has 0 radical (unpaired) electrons. The first-order chi connectivity index (χ1) is 10.1. The van der Waals surface area contributed by atoms with E-state index in [9.17, 15) is 4.79 Å². The number of hydrogen-bond donors (Lipinski definition) is 1. The Bertz CT molecular complexity index is 778. The van der Waals surface area contributed by atoms with Crippen LogP contribution in [0.2, 0.25) is 0 Å². The van der Waals surface area contributed by atoms with Crippen molar-refractivity contribution >= 4 is 11.7 Å². The van der Waals surface area contributed by atoms with Gasteiger partial charge in [0, 0.05) is 17.8 Å². The number of nitrogens with one attached hydrogen (secondary N) is 1. The van der Waals surface area contributed by atoms with Crippen LogP contribution in [0.4, 0.5) is 5.82 Å². The summed E-state index contributed by atoms with van der Waals surface area (Å²) in [7, 11) is 0. The second-order valence-electron chi connectivity index (χ2n) is 4.43. The maximum atomic E-state index is 11.9. The molecular weight excluding hydrogens is 272 g/mol. The quantitative estimate of drug-likeness (QED) is 0.782. The molecule has 3 aromatic rings. The molecule has 1 N–H and O–H groups in total. The lowest BCUT2D eigenvalue weighted by Gasteiger charge is -2.05. The molecule has 8 heteroatoms. The van der Waals surface area contributed by atoms with Crippen LogP contribution >= 0.6 is 0 Å². The minimum atomic E-state index is -0.425. The summed E-state index contributed by atoms with van der Waals surface area (Å²) < 4.78 is 6.46. The van der Waals surface area contributed by atoms with Gasteiger partial charge in [-0.05, 0) is 19.9 Å². The van der Waals surface area contributed by atoms with Gasteiger partial charge in [0.05, 0.1) is 11.9 Å². The van der Waals surface area contributed by atoms with Crippen LogP contribution in [0.5, 0.6) is 0 Å². The molecule has 21 heavy (non-hydrogen) atoms. The Morgan fingerprint density at radius 2 is 2.14 bits per heavy atom. The van der Waals surface area contributed by atoms with Gasteiger partial charge >= 0.3 is 0 Å². The Morgan fingerprint density at radius 3 is 2.81 bits per heavy atom. The van der Waals surface area contributed by atoms with E-state index < -0.39 is 5.91 Å².